The molecule has 0 spiro atoms. The van der Waals surface area contributed by atoms with Crippen LogP contribution in [0.3, 0.4) is 0 Å². The molecule has 1 saturated carbocycles. The van der Waals surface area contributed by atoms with Crippen molar-refractivity contribution in [1.29, 1.82) is 0 Å². The molecule has 0 aliphatic heterocycles. The van der Waals surface area contributed by atoms with Crippen molar-refractivity contribution in [3.05, 3.63) is 35.6 Å². The summed E-state index contributed by atoms with van der Waals surface area (Å²) in [6.45, 7) is 6.20. The van der Waals surface area contributed by atoms with E-state index in [4.69, 9.17) is 0 Å². The van der Waals surface area contributed by atoms with Gasteiger partial charge in [-0.2, -0.15) is 0 Å². The van der Waals surface area contributed by atoms with Crippen molar-refractivity contribution >= 4 is 0 Å². The van der Waals surface area contributed by atoms with E-state index >= 15 is 0 Å². The van der Waals surface area contributed by atoms with Gasteiger partial charge in [-0.3, -0.25) is 0 Å². The third-order valence-electron chi connectivity index (χ3n) is 4.21. The molecule has 0 unspecified atom stereocenters. The lowest BCUT2D eigenvalue weighted by Gasteiger charge is -2.49. The molecule has 0 aromatic heterocycles. The minimum absolute atomic E-state index is 0.0367. The summed E-state index contributed by atoms with van der Waals surface area (Å²) in [4.78, 5) is 0. The van der Waals surface area contributed by atoms with Gasteiger partial charge >= 0.3 is 0 Å². The third-order valence-corrected chi connectivity index (χ3v) is 4.21. The Labute approximate surface area is 110 Å². The van der Waals surface area contributed by atoms with E-state index in [1.54, 1.807) is 12.1 Å². The zero-order valence-electron chi connectivity index (χ0n) is 11.5. The van der Waals surface area contributed by atoms with E-state index in [0.717, 1.165) is 37.4 Å². The molecule has 0 atom stereocenters. The predicted octanol–water partition coefficient (Wildman–Crippen LogP) is 3.88. The Balaban J connectivity index is 2.15. The second-order valence-electron chi connectivity index (χ2n) is 5.60. The highest BCUT2D eigenvalue weighted by Gasteiger charge is 2.45. The highest BCUT2D eigenvalue weighted by molar-refractivity contribution is 5.31. The quantitative estimate of drug-likeness (QED) is 0.806. The van der Waals surface area contributed by atoms with Crippen molar-refractivity contribution in [2.24, 2.45) is 5.92 Å². The third kappa shape index (κ3) is 2.59. The first-order valence-electron chi connectivity index (χ1n) is 7.17. The summed E-state index contributed by atoms with van der Waals surface area (Å²) in [5.74, 6) is 0.749. The molecule has 0 heterocycles. The van der Waals surface area contributed by atoms with Gasteiger partial charge in [0, 0.05) is 12.0 Å². The summed E-state index contributed by atoms with van der Waals surface area (Å²) in [5, 5.41) is 3.41. The maximum Gasteiger partial charge on any atom is 0.127 e. The van der Waals surface area contributed by atoms with E-state index in [-0.39, 0.29) is 11.2 Å². The molecule has 1 fully saturated rings. The Hall–Kier alpha value is -0.890. The van der Waals surface area contributed by atoms with Crippen molar-refractivity contribution in [2.45, 2.75) is 44.9 Å². The van der Waals surface area contributed by atoms with Crippen molar-refractivity contribution in [3.63, 3.8) is 0 Å². The monoisotopic (exact) mass is 249 g/mol. The van der Waals surface area contributed by atoms with Crippen molar-refractivity contribution in [1.82, 2.24) is 5.32 Å². The van der Waals surface area contributed by atoms with Crippen LogP contribution in [0.25, 0.3) is 0 Å². The smallest absolute Gasteiger partial charge is 0.127 e. The molecule has 2 heteroatoms. The number of hydrogen-bond acceptors (Lipinski definition) is 1. The van der Waals surface area contributed by atoms with Crippen molar-refractivity contribution in [3.8, 4) is 0 Å². The number of benzene rings is 1. The molecule has 2 rings (SSSR count). The van der Waals surface area contributed by atoms with Crippen LogP contribution in [0.2, 0.25) is 0 Å². The molecule has 1 aliphatic carbocycles. The van der Waals surface area contributed by atoms with E-state index < -0.39 is 0 Å². The predicted molar refractivity (Wildman–Crippen MR) is 74.3 cm³/mol. The molecule has 0 saturated heterocycles. The average molecular weight is 249 g/mol. The number of nitrogens with one attached hydrogen (secondary N) is 1. The van der Waals surface area contributed by atoms with Crippen LogP contribution in [0.15, 0.2) is 24.3 Å². The number of likely N-dealkylation sites (N-methyl/N-ethyl adjacent to an activating group) is 1. The van der Waals surface area contributed by atoms with Gasteiger partial charge in [-0.05, 0) is 36.9 Å². The summed E-state index contributed by atoms with van der Waals surface area (Å²) in [5.41, 5.74) is 0.958. The molecule has 100 valence electrons. The first-order valence-corrected chi connectivity index (χ1v) is 7.17. The zero-order valence-corrected chi connectivity index (χ0v) is 11.5. The van der Waals surface area contributed by atoms with E-state index in [2.05, 4.69) is 19.2 Å². The summed E-state index contributed by atoms with van der Waals surface area (Å²) < 4.78 is 14.0. The van der Waals surface area contributed by atoms with Crippen LogP contribution >= 0.6 is 0 Å². The van der Waals surface area contributed by atoms with Crippen LogP contribution in [0.1, 0.15) is 45.1 Å². The summed E-state index contributed by atoms with van der Waals surface area (Å²) in [7, 11) is 0. The number of halogens is 1. The highest BCUT2D eigenvalue weighted by atomic mass is 19.1. The lowest BCUT2D eigenvalue weighted by atomic mass is 9.57. The van der Waals surface area contributed by atoms with Gasteiger partial charge in [-0.25, -0.2) is 4.39 Å². The fourth-order valence-electron chi connectivity index (χ4n) is 3.37. The van der Waals surface area contributed by atoms with Crippen molar-refractivity contribution < 1.29 is 4.39 Å². The van der Waals surface area contributed by atoms with Gasteiger partial charge in [0.1, 0.15) is 5.82 Å². The van der Waals surface area contributed by atoms with Crippen LogP contribution < -0.4 is 5.32 Å². The van der Waals surface area contributed by atoms with Crippen LogP contribution in [0, 0.1) is 11.7 Å². The second kappa shape index (κ2) is 5.83. The molecular formula is C16H24FN. The fourth-order valence-corrected chi connectivity index (χ4v) is 3.37. The number of rotatable bonds is 6. The van der Waals surface area contributed by atoms with Crippen LogP contribution in [0.5, 0.6) is 0 Å². The molecule has 18 heavy (non-hydrogen) atoms. The maximum atomic E-state index is 14.0. The molecule has 1 N–H and O–H groups in total. The Kier molecular flexibility index (Phi) is 4.39. The standard InChI is InChI=1S/C16H24FN/c1-3-7-13-10-16(11-13,12-18-4-2)14-8-5-6-9-15(14)17/h5-6,8-9,13,18H,3-4,7,10-12H2,1-2H3. The van der Waals surface area contributed by atoms with Crippen molar-refractivity contribution in [2.75, 3.05) is 13.1 Å². The molecule has 1 nitrogen and oxygen atoms in total. The Bertz CT molecular complexity index is 382. The molecule has 0 radical (unpaired) electrons. The number of hydrogen-bond donors (Lipinski definition) is 1. The first-order chi connectivity index (χ1) is 8.72. The topological polar surface area (TPSA) is 12.0 Å². The minimum atomic E-state index is -0.0367. The largest absolute Gasteiger partial charge is 0.316 e. The summed E-state index contributed by atoms with van der Waals surface area (Å²) >= 11 is 0. The first kappa shape index (κ1) is 13.5. The maximum absolute atomic E-state index is 14.0. The average Bonchev–Trinajstić information content (AvgIpc) is 2.33. The van der Waals surface area contributed by atoms with Gasteiger partial charge < -0.3 is 5.32 Å². The molecule has 1 aliphatic rings. The molecular weight excluding hydrogens is 225 g/mol. The van der Waals surface area contributed by atoms with Gasteiger partial charge in [0.2, 0.25) is 0 Å². The van der Waals surface area contributed by atoms with Gasteiger partial charge in [0.15, 0.2) is 0 Å². The molecule has 1 aromatic rings. The SMILES string of the molecule is CCCC1CC(CNCC)(c2ccccc2F)C1. The lowest BCUT2D eigenvalue weighted by molar-refractivity contribution is 0.125. The van der Waals surface area contributed by atoms with Gasteiger partial charge in [-0.1, -0.05) is 44.9 Å². The molecule has 1 aromatic carbocycles. The van der Waals surface area contributed by atoms with Crippen LogP contribution in [0.4, 0.5) is 4.39 Å². The van der Waals surface area contributed by atoms with E-state index in [1.807, 2.05) is 12.1 Å². The van der Waals surface area contributed by atoms with E-state index in [1.165, 1.54) is 12.8 Å². The highest BCUT2D eigenvalue weighted by Crippen LogP contribution is 2.49. The molecule has 0 bridgehead atoms. The molecule has 0 amide bonds. The second-order valence-corrected chi connectivity index (χ2v) is 5.60. The van der Waals surface area contributed by atoms with E-state index in [9.17, 15) is 4.39 Å². The lowest BCUT2D eigenvalue weighted by Crippen LogP contribution is -2.49. The van der Waals surface area contributed by atoms with Crippen LogP contribution in [-0.4, -0.2) is 13.1 Å². The zero-order chi connectivity index (χ0) is 13.0. The Morgan fingerprint density at radius 1 is 1.28 bits per heavy atom. The van der Waals surface area contributed by atoms with Gasteiger partial charge in [0.05, 0.1) is 0 Å². The summed E-state index contributed by atoms with van der Waals surface area (Å²) in [6.07, 6.45) is 4.78. The van der Waals surface area contributed by atoms with Gasteiger partial charge in [-0.15, -0.1) is 0 Å². The van der Waals surface area contributed by atoms with Gasteiger partial charge in [0.25, 0.3) is 0 Å². The Morgan fingerprint density at radius 2 is 2.00 bits per heavy atom. The minimum Gasteiger partial charge on any atom is -0.316 e. The van der Waals surface area contributed by atoms with Crippen LogP contribution in [-0.2, 0) is 5.41 Å². The Morgan fingerprint density at radius 3 is 2.61 bits per heavy atom. The fraction of sp³-hybridized carbons (Fsp3) is 0.625. The van der Waals surface area contributed by atoms with E-state index in [0.29, 0.717) is 0 Å². The summed E-state index contributed by atoms with van der Waals surface area (Å²) in [6, 6.07) is 7.30. The normalized spacial score (nSPS) is 26.9.